The van der Waals surface area contributed by atoms with Crippen molar-refractivity contribution in [2.75, 3.05) is 18.4 Å². The molecule has 7 heteroatoms. The third kappa shape index (κ3) is 4.14. The minimum absolute atomic E-state index is 0.0741. The molecule has 0 unspecified atom stereocenters. The molecule has 1 aliphatic heterocycles. The second kappa shape index (κ2) is 7.16. The molecule has 1 aliphatic rings. The summed E-state index contributed by atoms with van der Waals surface area (Å²) in [5.41, 5.74) is 0.742. The lowest BCUT2D eigenvalue weighted by atomic mass is 10.1. The molecule has 0 aliphatic carbocycles. The zero-order chi connectivity index (χ0) is 14.4. The highest BCUT2D eigenvalue weighted by molar-refractivity contribution is 7.93. The smallest absolute Gasteiger partial charge is 0.199 e. The normalized spacial score (nSPS) is 14.8. The van der Waals surface area contributed by atoms with Gasteiger partial charge >= 0.3 is 0 Å². The minimum atomic E-state index is 0.0741. The average molecular weight is 293 g/mol. The molecule has 0 amide bonds. The van der Waals surface area contributed by atoms with Crippen molar-refractivity contribution in [2.45, 2.75) is 24.2 Å². The van der Waals surface area contributed by atoms with Crippen LogP contribution in [0.25, 0.3) is 0 Å². The molecule has 1 aromatic carbocycles. The monoisotopic (exact) mass is 293 g/mol. The molecule has 20 heavy (non-hydrogen) atoms. The van der Waals surface area contributed by atoms with Crippen molar-refractivity contribution >= 4 is 29.6 Å². The molecule has 5 N–H and O–H groups in total. The van der Waals surface area contributed by atoms with Gasteiger partial charge < -0.3 is 14.8 Å². The Morgan fingerprint density at radius 2 is 1.75 bits per heavy atom. The predicted octanol–water partition coefficient (Wildman–Crippen LogP) is 2.61. The van der Waals surface area contributed by atoms with E-state index < -0.39 is 0 Å². The van der Waals surface area contributed by atoms with E-state index in [1.807, 2.05) is 4.90 Å². The van der Waals surface area contributed by atoms with Crippen molar-refractivity contribution in [3.8, 4) is 0 Å². The van der Waals surface area contributed by atoms with Gasteiger partial charge in [0, 0.05) is 35.7 Å². The Labute approximate surface area is 122 Å². The second-order valence-electron chi connectivity index (χ2n) is 4.64. The lowest BCUT2D eigenvalue weighted by molar-refractivity contribution is 0.334. The zero-order valence-corrected chi connectivity index (χ0v) is 12.0. The number of benzene rings is 1. The van der Waals surface area contributed by atoms with Crippen LogP contribution in [0, 0.1) is 10.8 Å². The molecule has 2 rings (SSSR count). The van der Waals surface area contributed by atoms with Gasteiger partial charge in [0.15, 0.2) is 11.9 Å². The fourth-order valence-corrected chi connectivity index (χ4v) is 2.35. The molecule has 1 aromatic rings. The van der Waals surface area contributed by atoms with Gasteiger partial charge in [-0.1, -0.05) is 0 Å². The summed E-state index contributed by atoms with van der Waals surface area (Å²) in [5, 5.41) is 21.4. The Balaban J connectivity index is 1.83. The molecule has 6 nitrogen and oxygen atoms in total. The van der Waals surface area contributed by atoms with Crippen molar-refractivity contribution in [2.24, 2.45) is 0 Å². The van der Waals surface area contributed by atoms with Crippen molar-refractivity contribution < 1.29 is 4.55 Å². The van der Waals surface area contributed by atoms with Gasteiger partial charge in [0.25, 0.3) is 0 Å². The Morgan fingerprint density at radius 3 is 2.35 bits per heavy atom. The molecule has 1 heterocycles. The molecule has 0 bridgehead atoms. The van der Waals surface area contributed by atoms with Crippen molar-refractivity contribution in [1.29, 1.82) is 10.8 Å². The highest BCUT2D eigenvalue weighted by atomic mass is 32.2. The van der Waals surface area contributed by atoms with E-state index in [2.05, 4.69) is 10.6 Å². The van der Waals surface area contributed by atoms with Gasteiger partial charge in [-0.2, -0.15) is 0 Å². The topological polar surface area (TPSA) is 95.2 Å². The zero-order valence-electron chi connectivity index (χ0n) is 11.1. The first kappa shape index (κ1) is 14.7. The molecule has 1 saturated heterocycles. The first-order valence-electron chi connectivity index (χ1n) is 6.56. The Hall–Kier alpha value is -1.73. The van der Waals surface area contributed by atoms with Crippen LogP contribution in [-0.4, -0.2) is 34.5 Å². The number of guanidine groups is 2. The van der Waals surface area contributed by atoms with Crippen LogP contribution in [0.2, 0.25) is 0 Å². The maximum Gasteiger partial charge on any atom is 0.199 e. The van der Waals surface area contributed by atoms with Gasteiger partial charge in [-0.15, -0.1) is 0 Å². The van der Waals surface area contributed by atoms with Crippen LogP contribution in [0.4, 0.5) is 5.69 Å². The first-order valence-corrected chi connectivity index (χ1v) is 7.34. The highest BCUT2D eigenvalue weighted by Crippen LogP contribution is 2.17. The van der Waals surface area contributed by atoms with E-state index in [1.54, 1.807) is 24.3 Å². The standard InChI is InChI=1S/C13H19N5OS/c14-12(16-10-4-6-11(20-19)7-5-10)17-13(15)18-8-2-1-3-9-18/h4-7,19H,1-3,8-9H2,(H4,14,15,16,17). The number of likely N-dealkylation sites (tertiary alicyclic amines) is 1. The summed E-state index contributed by atoms with van der Waals surface area (Å²) in [7, 11) is 0. The van der Waals surface area contributed by atoms with Crippen molar-refractivity contribution in [3.63, 3.8) is 0 Å². The van der Waals surface area contributed by atoms with Gasteiger partial charge in [-0.05, 0) is 43.5 Å². The van der Waals surface area contributed by atoms with Gasteiger partial charge in [-0.3, -0.25) is 16.1 Å². The van der Waals surface area contributed by atoms with Crippen molar-refractivity contribution in [3.05, 3.63) is 24.3 Å². The Kier molecular flexibility index (Phi) is 5.25. The van der Waals surface area contributed by atoms with E-state index in [1.165, 1.54) is 6.42 Å². The van der Waals surface area contributed by atoms with Crippen LogP contribution in [0.1, 0.15) is 19.3 Å². The van der Waals surface area contributed by atoms with Gasteiger partial charge in [0.05, 0.1) is 0 Å². The summed E-state index contributed by atoms with van der Waals surface area (Å²) in [4.78, 5) is 2.70. The molecule has 1 fully saturated rings. The van der Waals surface area contributed by atoms with E-state index in [9.17, 15) is 0 Å². The second-order valence-corrected chi connectivity index (χ2v) is 5.29. The van der Waals surface area contributed by atoms with Crippen LogP contribution in [-0.2, 0) is 0 Å². The summed E-state index contributed by atoms with van der Waals surface area (Å²) in [5.74, 6) is 0.342. The van der Waals surface area contributed by atoms with Crippen LogP contribution in [0.5, 0.6) is 0 Å². The van der Waals surface area contributed by atoms with Crippen molar-refractivity contribution in [1.82, 2.24) is 10.2 Å². The Bertz CT molecular complexity index is 470. The number of nitrogens with one attached hydrogen (secondary N) is 4. The molecular weight excluding hydrogens is 274 g/mol. The number of piperidine rings is 1. The quantitative estimate of drug-likeness (QED) is 0.328. The lowest BCUT2D eigenvalue weighted by Crippen LogP contribution is -2.47. The highest BCUT2D eigenvalue weighted by Gasteiger charge is 2.14. The summed E-state index contributed by atoms with van der Waals surface area (Å²) >= 11 is 0.688. The maximum atomic E-state index is 8.88. The molecule has 0 atom stereocenters. The fraction of sp³-hybridized carbons (Fsp3) is 0.385. The van der Waals surface area contributed by atoms with Crippen LogP contribution in [0.15, 0.2) is 29.2 Å². The molecule has 0 radical (unpaired) electrons. The molecular formula is C13H19N5OS. The third-order valence-corrected chi connectivity index (χ3v) is 3.63. The van der Waals surface area contributed by atoms with E-state index in [4.69, 9.17) is 15.4 Å². The van der Waals surface area contributed by atoms with E-state index in [0.717, 1.165) is 36.5 Å². The van der Waals surface area contributed by atoms with Gasteiger partial charge in [0.1, 0.15) is 0 Å². The summed E-state index contributed by atoms with van der Waals surface area (Å²) in [6.45, 7) is 1.75. The SMILES string of the molecule is N=C(NC(=N)N1CCCCC1)Nc1ccc(SO)cc1. The van der Waals surface area contributed by atoms with E-state index >= 15 is 0 Å². The molecule has 0 aromatic heterocycles. The third-order valence-electron chi connectivity index (χ3n) is 3.14. The first-order chi connectivity index (χ1) is 9.69. The molecule has 108 valence electrons. The van der Waals surface area contributed by atoms with Crippen LogP contribution < -0.4 is 10.6 Å². The predicted molar refractivity (Wildman–Crippen MR) is 82.6 cm³/mol. The number of anilines is 1. The van der Waals surface area contributed by atoms with Crippen LogP contribution >= 0.6 is 12.0 Å². The summed E-state index contributed by atoms with van der Waals surface area (Å²) in [6, 6.07) is 7.07. The number of hydrogen-bond donors (Lipinski definition) is 5. The summed E-state index contributed by atoms with van der Waals surface area (Å²) in [6.07, 6.45) is 3.42. The maximum absolute atomic E-state index is 8.88. The largest absolute Gasteiger partial charge is 0.343 e. The average Bonchev–Trinajstić information content (AvgIpc) is 2.49. The van der Waals surface area contributed by atoms with E-state index in [-0.39, 0.29) is 11.9 Å². The fourth-order valence-electron chi connectivity index (χ4n) is 2.09. The molecule has 0 saturated carbocycles. The van der Waals surface area contributed by atoms with Crippen LogP contribution in [0.3, 0.4) is 0 Å². The van der Waals surface area contributed by atoms with E-state index in [0.29, 0.717) is 12.0 Å². The number of nitrogens with zero attached hydrogens (tertiary/aromatic N) is 1. The van der Waals surface area contributed by atoms with Gasteiger partial charge in [-0.25, -0.2) is 0 Å². The molecule has 0 spiro atoms. The minimum Gasteiger partial charge on any atom is -0.343 e. The van der Waals surface area contributed by atoms with Gasteiger partial charge in [0.2, 0.25) is 0 Å². The summed E-state index contributed by atoms with van der Waals surface area (Å²) < 4.78 is 8.88. The lowest BCUT2D eigenvalue weighted by Gasteiger charge is -2.29. The Morgan fingerprint density at radius 1 is 1.10 bits per heavy atom. The number of rotatable bonds is 2. The number of hydrogen-bond acceptors (Lipinski definition) is 4.